The van der Waals surface area contributed by atoms with Crippen LogP contribution in [0.5, 0.6) is 0 Å². The highest BCUT2D eigenvalue weighted by atomic mass is 19.4. The maximum Gasteiger partial charge on any atom is 0.401 e. The van der Waals surface area contributed by atoms with Gasteiger partial charge in [0.2, 0.25) is 0 Å². The number of nitrogens with zero attached hydrogens (tertiary/aromatic N) is 3. The van der Waals surface area contributed by atoms with E-state index >= 15 is 0 Å². The fourth-order valence-electron chi connectivity index (χ4n) is 2.34. The largest absolute Gasteiger partial charge is 0.401 e. The molecule has 1 aliphatic heterocycles. The highest BCUT2D eigenvalue weighted by molar-refractivity contribution is 5.08. The van der Waals surface area contributed by atoms with Gasteiger partial charge in [-0.25, -0.2) is 0 Å². The summed E-state index contributed by atoms with van der Waals surface area (Å²) in [6.45, 7) is 0.176. The van der Waals surface area contributed by atoms with Crippen LogP contribution in [-0.2, 0) is 7.05 Å². The van der Waals surface area contributed by atoms with Gasteiger partial charge in [0.05, 0.1) is 12.2 Å². The van der Waals surface area contributed by atoms with Crippen LogP contribution in [0.1, 0.15) is 24.5 Å². The van der Waals surface area contributed by atoms with Crippen LogP contribution in [0.4, 0.5) is 13.2 Å². The monoisotopic (exact) mass is 247 g/mol. The van der Waals surface area contributed by atoms with Crippen molar-refractivity contribution in [3.63, 3.8) is 0 Å². The van der Waals surface area contributed by atoms with E-state index in [-0.39, 0.29) is 5.92 Å². The summed E-state index contributed by atoms with van der Waals surface area (Å²) in [6, 6.07) is 1.89. The van der Waals surface area contributed by atoms with E-state index in [2.05, 4.69) is 5.10 Å². The summed E-state index contributed by atoms with van der Waals surface area (Å²) in [4.78, 5) is 1.48. The second-order valence-corrected chi connectivity index (χ2v) is 4.60. The molecule has 0 amide bonds. The van der Waals surface area contributed by atoms with E-state index in [9.17, 15) is 13.2 Å². The smallest absolute Gasteiger partial charge is 0.294 e. The summed E-state index contributed by atoms with van der Waals surface area (Å²) in [7, 11) is 1.82. The number of aryl methyl sites for hydroxylation is 1. The summed E-state index contributed by atoms with van der Waals surface area (Å²) in [5.41, 5.74) is 0.902. The van der Waals surface area contributed by atoms with E-state index in [4.69, 9.17) is 0 Å². The van der Waals surface area contributed by atoms with E-state index in [0.29, 0.717) is 13.1 Å². The van der Waals surface area contributed by atoms with Crippen molar-refractivity contribution in [2.75, 3.05) is 19.6 Å². The molecule has 0 N–H and O–H groups in total. The molecule has 2 rings (SSSR count). The van der Waals surface area contributed by atoms with Crippen LogP contribution in [0.2, 0.25) is 0 Å². The van der Waals surface area contributed by atoms with Crippen LogP contribution in [0, 0.1) is 0 Å². The van der Waals surface area contributed by atoms with E-state index in [0.717, 1.165) is 18.5 Å². The lowest BCUT2D eigenvalue weighted by atomic mass is 9.95. The van der Waals surface area contributed by atoms with Gasteiger partial charge in [0, 0.05) is 25.7 Å². The van der Waals surface area contributed by atoms with Gasteiger partial charge in [0.1, 0.15) is 0 Å². The van der Waals surface area contributed by atoms with Crippen LogP contribution < -0.4 is 0 Å². The molecule has 96 valence electrons. The quantitative estimate of drug-likeness (QED) is 0.798. The molecule has 1 aliphatic rings. The van der Waals surface area contributed by atoms with Crippen molar-refractivity contribution in [1.29, 1.82) is 0 Å². The first-order chi connectivity index (χ1) is 7.94. The van der Waals surface area contributed by atoms with Gasteiger partial charge in [0.25, 0.3) is 0 Å². The van der Waals surface area contributed by atoms with Crippen LogP contribution in [0.15, 0.2) is 12.3 Å². The van der Waals surface area contributed by atoms with E-state index < -0.39 is 12.7 Å². The Morgan fingerprint density at radius 3 is 2.82 bits per heavy atom. The normalized spacial score (nSPS) is 22.9. The molecule has 1 unspecified atom stereocenters. The van der Waals surface area contributed by atoms with Gasteiger partial charge >= 0.3 is 6.18 Å². The fourth-order valence-corrected chi connectivity index (χ4v) is 2.34. The first-order valence-electron chi connectivity index (χ1n) is 5.73. The van der Waals surface area contributed by atoms with Gasteiger partial charge in [-0.1, -0.05) is 0 Å². The van der Waals surface area contributed by atoms with Gasteiger partial charge in [-0.2, -0.15) is 18.3 Å². The molecule has 0 aromatic carbocycles. The Kier molecular flexibility index (Phi) is 3.42. The lowest BCUT2D eigenvalue weighted by Gasteiger charge is -2.32. The number of likely N-dealkylation sites (tertiary alicyclic amines) is 1. The highest BCUT2D eigenvalue weighted by Crippen LogP contribution is 2.27. The predicted molar refractivity (Wildman–Crippen MR) is 57.7 cm³/mol. The zero-order chi connectivity index (χ0) is 12.5. The van der Waals surface area contributed by atoms with Gasteiger partial charge in [-0.15, -0.1) is 0 Å². The second-order valence-electron chi connectivity index (χ2n) is 4.60. The molecule has 3 nitrogen and oxygen atoms in total. The van der Waals surface area contributed by atoms with Gasteiger partial charge in [0.15, 0.2) is 0 Å². The Morgan fingerprint density at radius 1 is 1.47 bits per heavy atom. The zero-order valence-electron chi connectivity index (χ0n) is 9.74. The molecule has 1 saturated heterocycles. The van der Waals surface area contributed by atoms with Crippen LogP contribution >= 0.6 is 0 Å². The van der Waals surface area contributed by atoms with E-state index in [1.54, 1.807) is 4.68 Å². The molecule has 0 spiro atoms. The van der Waals surface area contributed by atoms with Gasteiger partial charge < -0.3 is 0 Å². The highest BCUT2D eigenvalue weighted by Gasteiger charge is 2.33. The lowest BCUT2D eigenvalue weighted by Crippen LogP contribution is -2.40. The summed E-state index contributed by atoms with van der Waals surface area (Å²) in [5, 5.41) is 4.27. The molecule has 17 heavy (non-hydrogen) atoms. The van der Waals surface area contributed by atoms with Crippen molar-refractivity contribution < 1.29 is 13.2 Å². The molecule has 0 bridgehead atoms. The Bertz CT molecular complexity index is 372. The van der Waals surface area contributed by atoms with Crippen molar-refractivity contribution in [3.05, 3.63) is 18.0 Å². The number of hydrogen-bond acceptors (Lipinski definition) is 2. The van der Waals surface area contributed by atoms with Crippen LogP contribution in [-0.4, -0.2) is 40.5 Å². The number of piperidine rings is 1. The molecule has 1 fully saturated rings. The van der Waals surface area contributed by atoms with Gasteiger partial charge in [-0.3, -0.25) is 9.58 Å². The molecule has 0 radical (unpaired) electrons. The molecule has 1 atom stereocenters. The lowest BCUT2D eigenvalue weighted by molar-refractivity contribution is -0.148. The second kappa shape index (κ2) is 4.68. The van der Waals surface area contributed by atoms with E-state index in [1.807, 2.05) is 19.3 Å². The predicted octanol–water partition coefficient (Wildman–Crippen LogP) is 2.16. The third-order valence-corrected chi connectivity index (χ3v) is 3.06. The third kappa shape index (κ3) is 3.46. The van der Waals surface area contributed by atoms with Crippen molar-refractivity contribution in [2.24, 2.45) is 7.05 Å². The minimum Gasteiger partial charge on any atom is -0.294 e. The Labute approximate surface area is 98.2 Å². The third-order valence-electron chi connectivity index (χ3n) is 3.06. The average Bonchev–Trinajstić information content (AvgIpc) is 2.63. The minimum absolute atomic E-state index is 0.132. The first kappa shape index (κ1) is 12.4. The summed E-state index contributed by atoms with van der Waals surface area (Å²) >= 11 is 0. The van der Waals surface area contributed by atoms with Crippen molar-refractivity contribution >= 4 is 0 Å². The standard InChI is InChI=1S/C11H16F3N3/c1-16-6-4-10(15-16)9-3-2-5-17(7-9)8-11(12,13)14/h4,6,9H,2-3,5,7-8H2,1H3. The molecule has 2 heterocycles. The molecular formula is C11H16F3N3. The molecule has 0 aliphatic carbocycles. The molecule has 1 aromatic rings. The topological polar surface area (TPSA) is 21.1 Å². The summed E-state index contributed by atoms with van der Waals surface area (Å²) in [6.07, 6.45) is -0.549. The Hall–Kier alpha value is -1.04. The SMILES string of the molecule is Cn1ccc(C2CCCN(CC(F)(F)F)C2)n1. The zero-order valence-corrected chi connectivity index (χ0v) is 9.74. The molecule has 1 aromatic heterocycles. The fraction of sp³-hybridized carbons (Fsp3) is 0.727. The number of hydrogen-bond donors (Lipinski definition) is 0. The average molecular weight is 247 g/mol. The van der Waals surface area contributed by atoms with Crippen molar-refractivity contribution in [1.82, 2.24) is 14.7 Å². The van der Waals surface area contributed by atoms with Gasteiger partial charge in [-0.05, 0) is 25.5 Å². The minimum atomic E-state index is -4.11. The van der Waals surface area contributed by atoms with E-state index in [1.165, 1.54) is 4.90 Å². The maximum absolute atomic E-state index is 12.3. The summed E-state index contributed by atoms with van der Waals surface area (Å²) < 4.78 is 38.6. The Morgan fingerprint density at radius 2 is 2.24 bits per heavy atom. The molecular weight excluding hydrogens is 231 g/mol. The summed E-state index contributed by atoms with van der Waals surface area (Å²) in [5.74, 6) is 0.132. The van der Waals surface area contributed by atoms with Crippen molar-refractivity contribution in [3.8, 4) is 0 Å². The number of aromatic nitrogens is 2. The maximum atomic E-state index is 12.3. The number of rotatable bonds is 2. The Balaban J connectivity index is 1.97. The molecule has 6 heteroatoms. The molecule has 0 saturated carbocycles. The van der Waals surface area contributed by atoms with Crippen LogP contribution in [0.25, 0.3) is 0 Å². The first-order valence-corrected chi connectivity index (χ1v) is 5.73. The van der Waals surface area contributed by atoms with Crippen molar-refractivity contribution in [2.45, 2.75) is 24.9 Å². The number of halogens is 3. The number of alkyl halides is 3. The van der Waals surface area contributed by atoms with Crippen LogP contribution in [0.3, 0.4) is 0 Å².